The number of hydrogen-bond donors (Lipinski definition) is 0. The fourth-order valence-electron chi connectivity index (χ4n) is 3.77. The molecule has 0 saturated heterocycles. The zero-order valence-electron chi connectivity index (χ0n) is 15.2. The van der Waals surface area contributed by atoms with Crippen molar-refractivity contribution in [2.75, 3.05) is 4.90 Å². The van der Waals surface area contributed by atoms with Crippen LogP contribution in [-0.2, 0) is 0 Å². The SMILES string of the molecule is Cc1ccc(N2C(=O)c3cc4ccccc4c(-c4ccccn4)c3C2=O)cc1. The first kappa shape index (κ1) is 16.4. The lowest BCUT2D eigenvalue weighted by atomic mass is 9.93. The first-order valence-electron chi connectivity index (χ1n) is 9.08. The van der Waals surface area contributed by atoms with Crippen LogP contribution < -0.4 is 4.90 Å². The Bertz CT molecular complexity index is 1250. The topological polar surface area (TPSA) is 50.3 Å². The molecule has 2 heterocycles. The van der Waals surface area contributed by atoms with Crippen molar-refractivity contribution in [2.24, 2.45) is 0 Å². The Kier molecular flexibility index (Phi) is 3.59. The van der Waals surface area contributed by atoms with Crippen molar-refractivity contribution in [1.82, 2.24) is 4.98 Å². The van der Waals surface area contributed by atoms with E-state index in [-0.39, 0.29) is 11.8 Å². The number of nitrogens with zero attached hydrogens (tertiary/aromatic N) is 2. The number of pyridine rings is 1. The van der Waals surface area contributed by atoms with Gasteiger partial charge in [-0.15, -0.1) is 0 Å². The maximum atomic E-state index is 13.4. The Labute approximate surface area is 162 Å². The van der Waals surface area contributed by atoms with Crippen LogP contribution in [0.1, 0.15) is 26.3 Å². The van der Waals surface area contributed by atoms with Gasteiger partial charge in [0, 0.05) is 11.8 Å². The zero-order chi connectivity index (χ0) is 19.3. The van der Waals surface area contributed by atoms with Gasteiger partial charge in [-0.2, -0.15) is 0 Å². The molecule has 134 valence electrons. The second-order valence-corrected chi connectivity index (χ2v) is 6.89. The molecule has 0 saturated carbocycles. The molecule has 0 radical (unpaired) electrons. The number of amides is 2. The predicted octanol–water partition coefficient (Wildman–Crippen LogP) is 5.01. The molecule has 0 bridgehead atoms. The molecule has 28 heavy (non-hydrogen) atoms. The van der Waals surface area contributed by atoms with Crippen LogP contribution in [0.3, 0.4) is 0 Å². The Morgan fingerprint density at radius 1 is 0.786 bits per heavy atom. The van der Waals surface area contributed by atoms with Crippen LogP contribution in [0.5, 0.6) is 0 Å². The Balaban J connectivity index is 1.81. The third-order valence-electron chi connectivity index (χ3n) is 5.11. The van der Waals surface area contributed by atoms with Gasteiger partial charge in [-0.1, -0.05) is 48.0 Å². The van der Waals surface area contributed by atoms with E-state index in [1.54, 1.807) is 18.3 Å². The van der Waals surface area contributed by atoms with E-state index < -0.39 is 0 Å². The summed E-state index contributed by atoms with van der Waals surface area (Å²) in [6, 6.07) is 22.6. The second kappa shape index (κ2) is 6.13. The van der Waals surface area contributed by atoms with Crippen molar-refractivity contribution in [3.8, 4) is 11.3 Å². The van der Waals surface area contributed by atoms with Gasteiger partial charge in [-0.25, -0.2) is 4.90 Å². The highest BCUT2D eigenvalue weighted by Crippen LogP contribution is 2.39. The Morgan fingerprint density at radius 3 is 2.29 bits per heavy atom. The average Bonchev–Trinajstić information content (AvgIpc) is 2.98. The number of rotatable bonds is 2. The standard InChI is InChI=1S/C24H16N2O2/c1-15-9-11-17(12-10-15)26-23(27)19-14-16-6-2-3-7-18(16)21(22(19)24(26)28)20-8-4-5-13-25-20/h2-14H,1H3. The molecule has 3 aromatic carbocycles. The lowest BCUT2D eigenvalue weighted by Gasteiger charge is -2.14. The first-order chi connectivity index (χ1) is 13.6. The first-order valence-corrected chi connectivity index (χ1v) is 9.08. The lowest BCUT2D eigenvalue weighted by molar-refractivity contribution is 0.0926. The lowest BCUT2D eigenvalue weighted by Crippen LogP contribution is -2.29. The number of fused-ring (bicyclic) bond motifs is 2. The molecule has 4 heteroatoms. The summed E-state index contributed by atoms with van der Waals surface area (Å²) in [5, 5.41) is 1.82. The number of anilines is 1. The van der Waals surface area contributed by atoms with E-state index in [1.807, 2.05) is 67.6 Å². The third-order valence-corrected chi connectivity index (χ3v) is 5.11. The number of aryl methyl sites for hydroxylation is 1. The van der Waals surface area contributed by atoms with Crippen LogP contribution in [0.2, 0.25) is 0 Å². The van der Waals surface area contributed by atoms with Gasteiger partial charge < -0.3 is 0 Å². The molecule has 1 aromatic heterocycles. The van der Waals surface area contributed by atoms with Gasteiger partial charge in [-0.05, 0) is 48.0 Å². The minimum Gasteiger partial charge on any atom is -0.268 e. The molecule has 4 aromatic rings. The van der Waals surface area contributed by atoms with Crippen molar-refractivity contribution < 1.29 is 9.59 Å². The molecule has 0 atom stereocenters. The van der Waals surface area contributed by atoms with Crippen molar-refractivity contribution in [2.45, 2.75) is 6.92 Å². The van der Waals surface area contributed by atoms with Crippen molar-refractivity contribution in [3.63, 3.8) is 0 Å². The fourth-order valence-corrected chi connectivity index (χ4v) is 3.77. The maximum absolute atomic E-state index is 13.4. The molecule has 0 N–H and O–H groups in total. The second-order valence-electron chi connectivity index (χ2n) is 6.89. The molecule has 4 nitrogen and oxygen atoms in total. The largest absolute Gasteiger partial charge is 0.268 e. The normalized spacial score (nSPS) is 13.2. The van der Waals surface area contributed by atoms with Crippen LogP contribution >= 0.6 is 0 Å². The average molecular weight is 364 g/mol. The summed E-state index contributed by atoms with van der Waals surface area (Å²) in [5.41, 5.74) is 3.88. The van der Waals surface area contributed by atoms with E-state index in [2.05, 4.69) is 4.98 Å². The number of hydrogen-bond acceptors (Lipinski definition) is 3. The number of imide groups is 1. The van der Waals surface area contributed by atoms with Gasteiger partial charge in [0.1, 0.15) is 0 Å². The summed E-state index contributed by atoms with van der Waals surface area (Å²) < 4.78 is 0. The molecule has 0 spiro atoms. The minimum atomic E-state index is -0.310. The highest BCUT2D eigenvalue weighted by atomic mass is 16.2. The smallest absolute Gasteiger partial charge is 0.266 e. The number of benzene rings is 3. The van der Waals surface area contributed by atoms with Crippen LogP contribution in [0, 0.1) is 6.92 Å². The van der Waals surface area contributed by atoms with Gasteiger partial charge >= 0.3 is 0 Å². The summed E-state index contributed by atoms with van der Waals surface area (Å²) in [6.07, 6.45) is 1.70. The summed E-state index contributed by atoms with van der Waals surface area (Å²) in [5.74, 6) is -0.609. The third kappa shape index (κ3) is 2.35. The Morgan fingerprint density at radius 2 is 1.54 bits per heavy atom. The summed E-state index contributed by atoms with van der Waals surface area (Å²) in [6.45, 7) is 1.97. The Hall–Kier alpha value is -3.79. The van der Waals surface area contributed by atoms with Gasteiger partial charge in [0.15, 0.2) is 0 Å². The summed E-state index contributed by atoms with van der Waals surface area (Å²) >= 11 is 0. The molecule has 1 aliphatic rings. The minimum absolute atomic E-state index is 0.299. The van der Waals surface area contributed by atoms with Crippen molar-refractivity contribution >= 4 is 28.3 Å². The van der Waals surface area contributed by atoms with Gasteiger partial charge in [0.25, 0.3) is 11.8 Å². The van der Waals surface area contributed by atoms with Gasteiger partial charge in [-0.3, -0.25) is 14.6 Å². The highest BCUT2D eigenvalue weighted by Gasteiger charge is 2.39. The van der Waals surface area contributed by atoms with E-state index in [1.165, 1.54) is 4.90 Å². The molecule has 5 rings (SSSR count). The summed E-state index contributed by atoms with van der Waals surface area (Å²) in [7, 11) is 0. The van der Waals surface area contributed by atoms with E-state index >= 15 is 0 Å². The summed E-state index contributed by atoms with van der Waals surface area (Å²) in [4.78, 5) is 32.3. The molecule has 2 amide bonds. The quantitative estimate of drug-likeness (QED) is 0.470. The van der Waals surface area contributed by atoms with Crippen molar-refractivity contribution in [3.05, 3.63) is 95.7 Å². The number of carbonyl (C=O) groups is 2. The molecule has 0 unspecified atom stereocenters. The molecule has 1 aliphatic heterocycles. The van der Waals surface area contributed by atoms with Crippen LogP contribution in [0.15, 0.2) is 79.0 Å². The van der Waals surface area contributed by atoms with Gasteiger partial charge in [0.05, 0.1) is 22.5 Å². The van der Waals surface area contributed by atoms with E-state index in [0.717, 1.165) is 16.3 Å². The predicted molar refractivity (Wildman–Crippen MR) is 109 cm³/mol. The monoisotopic (exact) mass is 364 g/mol. The number of aromatic nitrogens is 1. The highest BCUT2D eigenvalue weighted by molar-refractivity contribution is 6.37. The van der Waals surface area contributed by atoms with E-state index in [9.17, 15) is 9.59 Å². The van der Waals surface area contributed by atoms with Crippen LogP contribution in [-0.4, -0.2) is 16.8 Å². The molecular weight excluding hydrogens is 348 g/mol. The fraction of sp³-hybridized carbons (Fsp3) is 0.0417. The van der Waals surface area contributed by atoms with Gasteiger partial charge in [0.2, 0.25) is 0 Å². The number of carbonyl (C=O) groups excluding carboxylic acids is 2. The zero-order valence-corrected chi connectivity index (χ0v) is 15.2. The van der Waals surface area contributed by atoms with Crippen molar-refractivity contribution in [1.29, 1.82) is 0 Å². The van der Waals surface area contributed by atoms with E-state index in [4.69, 9.17) is 0 Å². The van der Waals surface area contributed by atoms with Crippen LogP contribution in [0.4, 0.5) is 5.69 Å². The molecule has 0 fully saturated rings. The van der Waals surface area contributed by atoms with E-state index in [0.29, 0.717) is 28.1 Å². The van der Waals surface area contributed by atoms with Crippen LogP contribution in [0.25, 0.3) is 22.0 Å². The maximum Gasteiger partial charge on any atom is 0.266 e. The molecule has 0 aliphatic carbocycles. The molecular formula is C24H16N2O2.